The molecule has 0 radical (unpaired) electrons. The summed E-state index contributed by atoms with van der Waals surface area (Å²) in [5.74, 6) is 0.851. The molecule has 0 amide bonds. The van der Waals surface area contributed by atoms with Crippen LogP contribution < -0.4 is 0 Å². The van der Waals surface area contributed by atoms with Crippen molar-refractivity contribution >= 4 is 22.8 Å². The van der Waals surface area contributed by atoms with Crippen molar-refractivity contribution in [2.24, 2.45) is 11.8 Å². The molecule has 3 aromatic heterocycles. The summed E-state index contributed by atoms with van der Waals surface area (Å²) in [5.41, 5.74) is 6.90. The lowest BCUT2D eigenvalue weighted by molar-refractivity contribution is 0.421. The van der Waals surface area contributed by atoms with Gasteiger partial charge in [0.2, 0.25) is 0 Å². The molecule has 2 atom stereocenters. The number of rotatable bonds is 18. The predicted molar refractivity (Wildman–Crippen MR) is 206 cm³/mol. The molecule has 6 rings (SSSR count). The molecule has 3 aromatic carbocycles. The Morgan fingerprint density at radius 1 is 0.588 bits per heavy atom. The number of nitrogens with zero attached hydrogens (tertiary/aromatic N) is 6. The van der Waals surface area contributed by atoms with Gasteiger partial charge in [-0.05, 0) is 97.2 Å². The van der Waals surface area contributed by atoms with Gasteiger partial charge >= 0.3 is 0 Å². The lowest BCUT2D eigenvalue weighted by atomic mass is 9.92. The zero-order chi connectivity index (χ0) is 35.7. The largest absolute Gasteiger partial charge is 0.238 e. The van der Waals surface area contributed by atoms with Crippen molar-refractivity contribution in [2.75, 3.05) is 0 Å². The smallest absolute Gasteiger partial charge is 0.132 e. The zero-order valence-electron chi connectivity index (χ0n) is 30.4. The molecule has 0 N–H and O–H groups in total. The number of hydrogen-bond acceptors (Lipinski definition) is 5. The monoisotopic (exact) mass is 708 g/mol. The Hall–Kier alpha value is -4.24. The molecule has 0 aliphatic carbocycles. The van der Waals surface area contributed by atoms with Gasteiger partial charge in [0.25, 0.3) is 0 Å². The summed E-state index contributed by atoms with van der Waals surface area (Å²) in [5, 5.41) is 9.49. The Morgan fingerprint density at radius 3 is 1.43 bits per heavy atom. The standard InChI is InChI=1S/C42H50F2N6S/c1-5-9-11-29(7-3)13-15-31-17-19-33(35(43)27-31)37-23-25-49(45-37)39-21-22-40(42-41(39)47-51-48-42)50-26-24-38(46-50)34-20-18-32(28-36(34)44)16-14-30(8-4)12-10-6-2/h17-30H,5-16H2,1-4H3. The first-order valence-corrected chi connectivity index (χ1v) is 19.6. The number of aryl methyl sites for hydroxylation is 2. The summed E-state index contributed by atoms with van der Waals surface area (Å²) in [6.45, 7) is 8.95. The molecule has 0 aliphatic heterocycles. The zero-order valence-corrected chi connectivity index (χ0v) is 31.2. The van der Waals surface area contributed by atoms with Crippen LogP contribution in [0.5, 0.6) is 0 Å². The number of fused-ring (bicyclic) bond motifs is 1. The van der Waals surface area contributed by atoms with Crippen LogP contribution in [-0.2, 0) is 12.8 Å². The molecule has 9 heteroatoms. The van der Waals surface area contributed by atoms with Crippen LogP contribution in [0.4, 0.5) is 8.78 Å². The summed E-state index contributed by atoms with van der Waals surface area (Å²) in [6, 6.07) is 18.5. The van der Waals surface area contributed by atoms with Crippen LogP contribution in [0.2, 0.25) is 0 Å². The molecule has 51 heavy (non-hydrogen) atoms. The summed E-state index contributed by atoms with van der Waals surface area (Å²) in [4.78, 5) is 0. The fourth-order valence-electron chi connectivity index (χ4n) is 7.09. The van der Waals surface area contributed by atoms with E-state index in [0.29, 0.717) is 45.4 Å². The average Bonchev–Trinajstić information content (AvgIpc) is 3.94. The van der Waals surface area contributed by atoms with E-state index in [2.05, 4.69) is 36.4 Å². The van der Waals surface area contributed by atoms with Crippen LogP contribution in [0.1, 0.15) is 103 Å². The fraction of sp³-hybridized carbons (Fsp3) is 0.429. The Morgan fingerprint density at radius 2 is 1.04 bits per heavy atom. The van der Waals surface area contributed by atoms with Crippen molar-refractivity contribution in [1.29, 1.82) is 0 Å². The van der Waals surface area contributed by atoms with Crippen molar-refractivity contribution in [3.63, 3.8) is 0 Å². The van der Waals surface area contributed by atoms with Gasteiger partial charge in [0.15, 0.2) is 0 Å². The molecule has 2 unspecified atom stereocenters. The molecule has 0 aliphatic rings. The Kier molecular flexibility index (Phi) is 12.4. The molecule has 6 aromatic rings. The highest BCUT2D eigenvalue weighted by Gasteiger charge is 2.18. The second-order valence-corrected chi connectivity index (χ2v) is 14.4. The predicted octanol–water partition coefficient (Wildman–Crippen LogP) is 12.0. The van der Waals surface area contributed by atoms with E-state index in [9.17, 15) is 0 Å². The van der Waals surface area contributed by atoms with E-state index in [1.54, 1.807) is 21.5 Å². The van der Waals surface area contributed by atoms with Gasteiger partial charge in [-0.2, -0.15) is 18.9 Å². The molecular formula is C42H50F2N6S. The molecule has 6 nitrogen and oxygen atoms in total. The lowest BCUT2D eigenvalue weighted by Crippen LogP contribution is -2.02. The van der Waals surface area contributed by atoms with E-state index in [1.165, 1.54) is 38.5 Å². The summed E-state index contributed by atoms with van der Waals surface area (Å²) in [6.07, 6.45) is 17.3. The number of hydrogen-bond donors (Lipinski definition) is 0. The van der Waals surface area contributed by atoms with Gasteiger partial charge in [-0.1, -0.05) is 91.2 Å². The molecule has 0 saturated heterocycles. The van der Waals surface area contributed by atoms with E-state index in [4.69, 9.17) is 10.2 Å². The van der Waals surface area contributed by atoms with Crippen LogP contribution >= 0.6 is 11.7 Å². The van der Waals surface area contributed by atoms with Crippen molar-refractivity contribution in [3.8, 4) is 33.9 Å². The summed E-state index contributed by atoms with van der Waals surface area (Å²) in [7, 11) is 0. The molecular weight excluding hydrogens is 659 g/mol. The third kappa shape index (κ3) is 8.63. The molecule has 3 heterocycles. The van der Waals surface area contributed by atoms with Crippen molar-refractivity contribution in [3.05, 3.63) is 95.8 Å². The number of unbranched alkanes of at least 4 members (excludes halogenated alkanes) is 2. The van der Waals surface area contributed by atoms with Gasteiger partial charge in [-0.3, -0.25) is 0 Å². The Balaban J connectivity index is 1.17. The lowest BCUT2D eigenvalue weighted by Gasteiger charge is -2.14. The van der Waals surface area contributed by atoms with Crippen LogP contribution in [0.25, 0.3) is 44.9 Å². The highest BCUT2D eigenvalue weighted by atomic mass is 32.1. The summed E-state index contributed by atoms with van der Waals surface area (Å²) >= 11 is 1.11. The van der Waals surface area contributed by atoms with Gasteiger partial charge in [0.05, 0.1) is 34.5 Å². The minimum atomic E-state index is -0.261. The van der Waals surface area contributed by atoms with Crippen LogP contribution in [0.3, 0.4) is 0 Å². The average molecular weight is 709 g/mol. The maximum Gasteiger partial charge on any atom is 0.132 e. The van der Waals surface area contributed by atoms with E-state index in [0.717, 1.165) is 72.8 Å². The van der Waals surface area contributed by atoms with Gasteiger partial charge in [0.1, 0.15) is 22.7 Å². The van der Waals surface area contributed by atoms with Gasteiger partial charge in [0, 0.05) is 23.5 Å². The second-order valence-electron chi connectivity index (χ2n) is 13.9. The minimum absolute atomic E-state index is 0.261. The molecule has 268 valence electrons. The highest BCUT2D eigenvalue weighted by molar-refractivity contribution is 7.00. The Labute approximate surface area is 305 Å². The highest BCUT2D eigenvalue weighted by Crippen LogP contribution is 2.31. The fourth-order valence-corrected chi connectivity index (χ4v) is 7.65. The first kappa shape index (κ1) is 36.5. The van der Waals surface area contributed by atoms with Crippen molar-refractivity contribution in [1.82, 2.24) is 28.3 Å². The minimum Gasteiger partial charge on any atom is -0.238 e. The number of halogens is 2. The van der Waals surface area contributed by atoms with Gasteiger partial charge < -0.3 is 0 Å². The second kappa shape index (κ2) is 17.3. The molecule has 0 bridgehead atoms. The third-order valence-corrected chi connectivity index (χ3v) is 11.0. The van der Waals surface area contributed by atoms with Crippen molar-refractivity contribution < 1.29 is 8.78 Å². The third-order valence-electron chi connectivity index (χ3n) is 10.4. The Bertz CT molecular complexity index is 1890. The van der Waals surface area contributed by atoms with E-state index in [-0.39, 0.29) is 11.6 Å². The van der Waals surface area contributed by atoms with E-state index < -0.39 is 0 Å². The van der Waals surface area contributed by atoms with Gasteiger partial charge in [-0.25, -0.2) is 18.1 Å². The number of benzene rings is 3. The van der Waals surface area contributed by atoms with Crippen LogP contribution in [-0.4, -0.2) is 28.3 Å². The summed E-state index contributed by atoms with van der Waals surface area (Å²) < 4.78 is 43.4. The maximum absolute atomic E-state index is 15.4. The topological polar surface area (TPSA) is 61.4 Å². The first-order valence-electron chi connectivity index (χ1n) is 18.9. The first-order chi connectivity index (χ1) is 24.9. The van der Waals surface area contributed by atoms with Crippen LogP contribution in [0.15, 0.2) is 73.1 Å². The molecule has 0 spiro atoms. The molecule has 0 fully saturated rings. The normalized spacial score (nSPS) is 12.9. The van der Waals surface area contributed by atoms with E-state index in [1.807, 2.05) is 60.9 Å². The SMILES string of the molecule is CCCCC(CC)CCc1ccc(-c2ccn(-c3ccc(-n4ccc(-c5ccc(CCC(CC)CCCC)cc5F)n4)c4nsnc34)n2)c(F)c1. The van der Waals surface area contributed by atoms with Crippen molar-refractivity contribution in [2.45, 2.75) is 105 Å². The number of aromatic nitrogens is 6. The van der Waals surface area contributed by atoms with E-state index >= 15 is 8.78 Å². The van der Waals surface area contributed by atoms with Gasteiger partial charge in [-0.15, -0.1) is 0 Å². The van der Waals surface area contributed by atoms with Crippen LogP contribution in [0, 0.1) is 23.5 Å². The maximum atomic E-state index is 15.4. The molecule has 0 saturated carbocycles. The quantitative estimate of drug-likeness (QED) is 0.0892.